The number of thiophene rings is 1. The lowest BCUT2D eigenvalue weighted by molar-refractivity contribution is 0.582. The van der Waals surface area contributed by atoms with Crippen molar-refractivity contribution in [2.45, 2.75) is 6.42 Å². The van der Waals surface area contributed by atoms with Crippen LogP contribution in [0.2, 0.25) is 0 Å². The number of aromatic nitrogens is 1. The number of nitrogens with zero attached hydrogens (tertiary/aromatic N) is 2. The molecule has 0 saturated carbocycles. The minimum Gasteiger partial charge on any atom is -0.359 e. The van der Waals surface area contributed by atoms with Gasteiger partial charge in [-0.15, -0.1) is 11.3 Å². The highest BCUT2D eigenvalue weighted by Gasteiger charge is 2.03. The fourth-order valence-electron chi connectivity index (χ4n) is 1.46. The molecule has 0 aliphatic heterocycles. The highest BCUT2D eigenvalue weighted by atomic mass is 32.1. The summed E-state index contributed by atoms with van der Waals surface area (Å²) in [5.41, 5.74) is 0. The minimum absolute atomic E-state index is 0.430. The van der Waals surface area contributed by atoms with Crippen LogP contribution in [0.4, 0.5) is 10.2 Å². The summed E-state index contributed by atoms with van der Waals surface area (Å²) >= 11 is 1.74. The molecule has 0 aromatic carbocycles. The Kier molecular flexibility index (Phi) is 3.51. The number of hydrogen-bond donors (Lipinski definition) is 0. The topological polar surface area (TPSA) is 16.1 Å². The molecule has 0 aliphatic rings. The number of rotatable bonds is 4. The first kappa shape index (κ1) is 11.1. The number of hydrogen-bond acceptors (Lipinski definition) is 3. The van der Waals surface area contributed by atoms with E-state index in [0.29, 0.717) is 5.82 Å². The van der Waals surface area contributed by atoms with Gasteiger partial charge in [0, 0.05) is 18.5 Å². The fraction of sp³-hybridized carbons (Fsp3) is 0.250. The molecule has 2 aromatic heterocycles. The first-order valence-corrected chi connectivity index (χ1v) is 6.00. The van der Waals surface area contributed by atoms with Gasteiger partial charge in [0.05, 0.1) is 0 Å². The summed E-state index contributed by atoms with van der Waals surface area (Å²) < 4.78 is 12.9. The molecule has 0 N–H and O–H groups in total. The molecule has 0 amide bonds. The third-order valence-electron chi connectivity index (χ3n) is 2.37. The Bertz CT molecular complexity index is 442. The highest BCUT2D eigenvalue weighted by Crippen LogP contribution is 2.13. The molecule has 0 radical (unpaired) electrons. The summed E-state index contributed by atoms with van der Waals surface area (Å²) in [6.07, 6.45) is 0.965. The molecule has 0 saturated heterocycles. The summed E-state index contributed by atoms with van der Waals surface area (Å²) in [6, 6.07) is 9.01. The van der Waals surface area contributed by atoms with E-state index in [4.69, 9.17) is 0 Å². The van der Waals surface area contributed by atoms with Crippen molar-refractivity contribution in [3.05, 3.63) is 46.5 Å². The minimum atomic E-state index is -0.430. The first-order chi connectivity index (χ1) is 7.75. The van der Waals surface area contributed by atoms with Crippen molar-refractivity contribution in [2.24, 2.45) is 0 Å². The Morgan fingerprint density at radius 3 is 2.88 bits per heavy atom. The van der Waals surface area contributed by atoms with Crippen molar-refractivity contribution in [3.8, 4) is 0 Å². The zero-order chi connectivity index (χ0) is 11.4. The molecule has 2 heterocycles. The van der Waals surface area contributed by atoms with Gasteiger partial charge in [-0.2, -0.15) is 4.39 Å². The smallest absolute Gasteiger partial charge is 0.214 e. The average molecular weight is 236 g/mol. The van der Waals surface area contributed by atoms with E-state index in [-0.39, 0.29) is 0 Å². The standard InChI is InChI=1S/C12H13FN2S/c1-15(8-7-10-4-3-9-16-10)12-6-2-5-11(13)14-12/h2-6,9H,7-8H2,1H3. The zero-order valence-electron chi connectivity index (χ0n) is 9.06. The third kappa shape index (κ3) is 2.79. The molecule has 0 fully saturated rings. The molecule has 4 heteroatoms. The van der Waals surface area contributed by atoms with Gasteiger partial charge in [0.2, 0.25) is 5.95 Å². The van der Waals surface area contributed by atoms with Gasteiger partial charge in [-0.05, 0) is 30.0 Å². The van der Waals surface area contributed by atoms with Crippen LogP contribution >= 0.6 is 11.3 Å². The van der Waals surface area contributed by atoms with Crippen LogP contribution in [-0.2, 0) is 6.42 Å². The summed E-state index contributed by atoms with van der Waals surface area (Å²) in [5.74, 6) is 0.247. The summed E-state index contributed by atoms with van der Waals surface area (Å²) in [7, 11) is 1.93. The Morgan fingerprint density at radius 2 is 2.19 bits per heavy atom. The molecule has 0 atom stereocenters. The molecular formula is C12H13FN2S. The largest absolute Gasteiger partial charge is 0.359 e. The van der Waals surface area contributed by atoms with Crippen molar-refractivity contribution in [3.63, 3.8) is 0 Å². The molecule has 2 nitrogen and oxygen atoms in total. The predicted octanol–water partition coefficient (Wildman–Crippen LogP) is 2.96. The van der Waals surface area contributed by atoms with Crippen LogP contribution < -0.4 is 4.90 Å². The predicted molar refractivity (Wildman–Crippen MR) is 65.5 cm³/mol. The van der Waals surface area contributed by atoms with E-state index in [0.717, 1.165) is 13.0 Å². The maximum atomic E-state index is 12.9. The first-order valence-electron chi connectivity index (χ1n) is 5.12. The Labute approximate surface area is 98.4 Å². The number of likely N-dealkylation sites (N-methyl/N-ethyl adjacent to an activating group) is 1. The SMILES string of the molecule is CN(CCc1cccs1)c1cccc(F)n1. The second-order valence-corrected chi connectivity index (χ2v) is 4.60. The molecule has 84 valence electrons. The quantitative estimate of drug-likeness (QED) is 0.759. The van der Waals surface area contributed by atoms with Crippen LogP contribution in [-0.4, -0.2) is 18.6 Å². The normalized spacial score (nSPS) is 10.4. The zero-order valence-corrected chi connectivity index (χ0v) is 9.88. The second-order valence-electron chi connectivity index (χ2n) is 3.57. The van der Waals surface area contributed by atoms with Crippen molar-refractivity contribution >= 4 is 17.2 Å². The average Bonchev–Trinajstić information content (AvgIpc) is 2.78. The lowest BCUT2D eigenvalue weighted by Crippen LogP contribution is -2.21. The maximum absolute atomic E-state index is 12.9. The molecule has 0 bridgehead atoms. The van der Waals surface area contributed by atoms with Gasteiger partial charge >= 0.3 is 0 Å². The maximum Gasteiger partial charge on any atom is 0.214 e. The number of halogens is 1. The molecule has 0 spiro atoms. The van der Waals surface area contributed by atoms with E-state index in [1.165, 1.54) is 10.9 Å². The highest BCUT2D eigenvalue weighted by molar-refractivity contribution is 7.09. The van der Waals surface area contributed by atoms with Gasteiger partial charge in [-0.3, -0.25) is 0 Å². The molecule has 0 unspecified atom stereocenters. The van der Waals surface area contributed by atoms with E-state index in [9.17, 15) is 4.39 Å². The van der Waals surface area contributed by atoms with Gasteiger partial charge < -0.3 is 4.90 Å². The second kappa shape index (κ2) is 5.07. The van der Waals surface area contributed by atoms with E-state index in [2.05, 4.69) is 16.4 Å². The van der Waals surface area contributed by atoms with Crippen molar-refractivity contribution in [2.75, 3.05) is 18.5 Å². The van der Waals surface area contributed by atoms with Crippen molar-refractivity contribution in [1.82, 2.24) is 4.98 Å². The van der Waals surface area contributed by atoms with Crippen LogP contribution in [0.3, 0.4) is 0 Å². The van der Waals surface area contributed by atoms with Crippen LogP contribution in [0.15, 0.2) is 35.7 Å². The van der Waals surface area contributed by atoms with E-state index < -0.39 is 5.95 Å². The van der Waals surface area contributed by atoms with Gasteiger partial charge in [-0.25, -0.2) is 4.98 Å². The van der Waals surface area contributed by atoms with Crippen LogP contribution in [0.25, 0.3) is 0 Å². The lowest BCUT2D eigenvalue weighted by atomic mass is 10.3. The number of anilines is 1. The van der Waals surface area contributed by atoms with Crippen molar-refractivity contribution < 1.29 is 4.39 Å². The third-order valence-corrected chi connectivity index (χ3v) is 3.30. The summed E-state index contributed by atoms with van der Waals surface area (Å²) in [5, 5.41) is 2.07. The Morgan fingerprint density at radius 1 is 1.31 bits per heavy atom. The summed E-state index contributed by atoms with van der Waals surface area (Å²) in [4.78, 5) is 7.13. The number of pyridine rings is 1. The molecule has 2 rings (SSSR count). The summed E-state index contributed by atoms with van der Waals surface area (Å²) in [6.45, 7) is 0.844. The van der Waals surface area contributed by atoms with Crippen LogP contribution in [0.5, 0.6) is 0 Å². The van der Waals surface area contributed by atoms with E-state index >= 15 is 0 Å². The monoisotopic (exact) mass is 236 g/mol. The molecule has 16 heavy (non-hydrogen) atoms. The van der Waals surface area contributed by atoms with E-state index in [1.807, 2.05) is 24.1 Å². The lowest BCUT2D eigenvalue weighted by Gasteiger charge is -2.17. The molecule has 0 aliphatic carbocycles. The van der Waals surface area contributed by atoms with Gasteiger partial charge in [0.25, 0.3) is 0 Å². The van der Waals surface area contributed by atoms with Crippen molar-refractivity contribution in [1.29, 1.82) is 0 Å². The Balaban J connectivity index is 1.95. The van der Waals surface area contributed by atoms with Gasteiger partial charge in [0.1, 0.15) is 5.82 Å². The fourth-order valence-corrected chi connectivity index (χ4v) is 2.16. The molecule has 2 aromatic rings. The molecular weight excluding hydrogens is 223 g/mol. The Hall–Kier alpha value is -1.42. The van der Waals surface area contributed by atoms with Gasteiger partial charge in [-0.1, -0.05) is 12.1 Å². The van der Waals surface area contributed by atoms with Crippen LogP contribution in [0, 0.1) is 5.95 Å². The van der Waals surface area contributed by atoms with Gasteiger partial charge in [0.15, 0.2) is 0 Å². The van der Waals surface area contributed by atoms with Crippen LogP contribution in [0.1, 0.15) is 4.88 Å². The van der Waals surface area contributed by atoms with E-state index in [1.54, 1.807) is 17.4 Å².